The van der Waals surface area contributed by atoms with Crippen LogP contribution in [0.4, 0.5) is 10.6 Å². The molecule has 0 aromatic carbocycles. The molecular formula is C16H23N5O3. The van der Waals surface area contributed by atoms with Crippen molar-refractivity contribution in [1.29, 1.82) is 0 Å². The minimum Gasteiger partial charge on any atom is -0.465 e. The van der Waals surface area contributed by atoms with E-state index in [1.807, 2.05) is 6.20 Å². The number of likely N-dealkylation sites (tertiary alicyclic amines) is 1. The first-order valence-electron chi connectivity index (χ1n) is 8.11. The van der Waals surface area contributed by atoms with E-state index in [-0.39, 0.29) is 6.04 Å². The maximum Gasteiger partial charge on any atom is 0.407 e. The Morgan fingerprint density at radius 1 is 1.50 bits per heavy atom. The number of fused-ring (bicyclic) bond motifs is 1. The molecule has 8 heteroatoms. The standard InChI is InChI=1S/C16H23N5O3/c1-16(2,24)6-10-7-17-13-12(10)14(19-9-18-13)20-11-4-3-5-21(8-11)15(22)23/h7,9,11,24H,3-6,8H2,1-2H3,(H,22,23)(H2,17,18,19,20). The molecule has 1 saturated heterocycles. The van der Waals surface area contributed by atoms with Crippen LogP contribution >= 0.6 is 0 Å². The summed E-state index contributed by atoms with van der Waals surface area (Å²) in [4.78, 5) is 24.3. The molecule has 4 N–H and O–H groups in total. The molecule has 0 bridgehead atoms. The molecule has 8 nitrogen and oxygen atoms in total. The van der Waals surface area contributed by atoms with E-state index in [1.165, 1.54) is 11.2 Å². The summed E-state index contributed by atoms with van der Waals surface area (Å²) < 4.78 is 0. The van der Waals surface area contributed by atoms with Gasteiger partial charge in [0.1, 0.15) is 17.8 Å². The van der Waals surface area contributed by atoms with Crippen LogP contribution in [-0.4, -0.2) is 60.9 Å². The number of H-pyrrole nitrogens is 1. The number of carbonyl (C=O) groups is 1. The Labute approximate surface area is 139 Å². The number of hydrogen-bond acceptors (Lipinski definition) is 5. The molecule has 0 radical (unpaired) electrons. The Hall–Kier alpha value is -2.35. The van der Waals surface area contributed by atoms with Gasteiger partial charge in [-0.2, -0.15) is 0 Å². The first-order chi connectivity index (χ1) is 11.3. The van der Waals surface area contributed by atoms with Gasteiger partial charge in [0.2, 0.25) is 0 Å². The summed E-state index contributed by atoms with van der Waals surface area (Å²) in [5.74, 6) is 0.678. The molecular weight excluding hydrogens is 310 g/mol. The smallest absolute Gasteiger partial charge is 0.407 e. The fourth-order valence-corrected chi connectivity index (χ4v) is 3.20. The molecule has 2 aromatic heterocycles. The van der Waals surface area contributed by atoms with Crippen molar-refractivity contribution in [2.75, 3.05) is 18.4 Å². The summed E-state index contributed by atoms with van der Waals surface area (Å²) in [6.07, 6.45) is 4.61. The molecule has 0 aliphatic carbocycles. The van der Waals surface area contributed by atoms with E-state index in [9.17, 15) is 15.0 Å². The van der Waals surface area contributed by atoms with Crippen LogP contribution < -0.4 is 5.32 Å². The van der Waals surface area contributed by atoms with Gasteiger partial charge in [0.05, 0.1) is 11.0 Å². The second-order valence-electron chi connectivity index (χ2n) is 6.96. The first-order valence-corrected chi connectivity index (χ1v) is 8.11. The lowest BCUT2D eigenvalue weighted by Crippen LogP contribution is -2.44. The van der Waals surface area contributed by atoms with Crippen molar-refractivity contribution in [3.8, 4) is 0 Å². The topological polar surface area (TPSA) is 114 Å². The van der Waals surface area contributed by atoms with E-state index in [2.05, 4.69) is 20.3 Å². The highest BCUT2D eigenvalue weighted by atomic mass is 16.4. The van der Waals surface area contributed by atoms with E-state index in [0.29, 0.717) is 31.0 Å². The maximum absolute atomic E-state index is 11.2. The van der Waals surface area contributed by atoms with E-state index in [4.69, 9.17) is 0 Å². The van der Waals surface area contributed by atoms with Crippen molar-refractivity contribution in [3.05, 3.63) is 18.1 Å². The van der Waals surface area contributed by atoms with Crippen molar-refractivity contribution in [2.24, 2.45) is 0 Å². The van der Waals surface area contributed by atoms with Gasteiger partial charge in [-0.25, -0.2) is 14.8 Å². The zero-order valence-electron chi connectivity index (χ0n) is 13.9. The fourth-order valence-electron chi connectivity index (χ4n) is 3.20. The number of aromatic amines is 1. The first kappa shape index (κ1) is 16.5. The maximum atomic E-state index is 11.2. The Kier molecular flexibility index (Phi) is 4.31. The van der Waals surface area contributed by atoms with Crippen molar-refractivity contribution in [1.82, 2.24) is 19.9 Å². The molecule has 3 rings (SSSR count). The van der Waals surface area contributed by atoms with Crippen LogP contribution in [0.5, 0.6) is 0 Å². The Morgan fingerprint density at radius 2 is 2.29 bits per heavy atom. The predicted molar refractivity (Wildman–Crippen MR) is 90.1 cm³/mol. The van der Waals surface area contributed by atoms with Gasteiger partial charge in [0.15, 0.2) is 0 Å². The average Bonchev–Trinajstić information content (AvgIpc) is 2.90. The third kappa shape index (κ3) is 3.59. The van der Waals surface area contributed by atoms with Crippen LogP contribution in [0.2, 0.25) is 0 Å². The number of aliphatic hydroxyl groups is 1. The lowest BCUT2D eigenvalue weighted by molar-refractivity contribution is 0.0813. The van der Waals surface area contributed by atoms with Crippen molar-refractivity contribution in [2.45, 2.75) is 44.8 Å². The highest BCUT2D eigenvalue weighted by Crippen LogP contribution is 2.27. The summed E-state index contributed by atoms with van der Waals surface area (Å²) in [5.41, 5.74) is 0.803. The lowest BCUT2D eigenvalue weighted by atomic mass is 9.99. The van der Waals surface area contributed by atoms with Crippen LogP contribution in [0.25, 0.3) is 11.0 Å². The van der Waals surface area contributed by atoms with Crippen LogP contribution in [0, 0.1) is 0 Å². The van der Waals surface area contributed by atoms with E-state index < -0.39 is 11.7 Å². The average molecular weight is 333 g/mol. The van der Waals surface area contributed by atoms with Crippen molar-refractivity contribution < 1.29 is 15.0 Å². The second-order valence-corrected chi connectivity index (χ2v) is 6.96. The number of nitrogens with zero attached hydrogens (tertiary/aromatic N) is 3. The molecule has 0 saturated carbocycles. The molecule has 1 aliphatic heterocycles. The molecule has 24 heavy (non-hydrogen) atoms. The minimum atomic E-state index is -0.890. The van der Waals surface area contributed by atoms with Crippen molar-refractivity contribution >= 4 is 22.9 Å². The van der Waals surface area contributed by atoms with Gasteiger partial charge in [-0.15, -0.1) is 0 Å². The van der Waals surface area contributed by atoms with Crippen LogP contribution in [0.1, 0.15) is 32.3 Å². The molecule has 0 spiro atoms. The van der Waals surface area contributed by atoms with Gasteiger partial charge >= 0.3 is 6.09 Å². The van der Waals surface area contributed by atoms with E-state index in [1.54, 1.807) is 13.8 Å². The molecule has 1 atom stereocenters. The number of carboxylic acid groups (broad SMARTS) is 1. The van der Waals surface area contributed by atoms with E-state index >= 15 is 0 Å². The summed E-state index contributed by atoms with van der Waals surface area (Å²) in [6, 6.07) is 0.0119. The highest BCUT2D eigenvalue weighted by Gasteiger charge is 2.25. The number of anilines is 1. The number of piperidine rings is 1. The van der Waals surface area contributed by atoms with Gasteiger partial charge in [-0.3, -0.25) is 0 Å². The summed E-state index contributed by atoms with van der Waals surface area (Å²) in [5, 5.41) is 23.5. The molecule has 1 unspecified atom stereocenters. The molecule has 3 heterocycles. The molecule has 1 aliphatic rings. The number of amides is 1. The zero-order valence-corrected chi connectivity index (χ0v) is 13.9. The zero-order chi connectivity index (χ0) is 17.3. The summed E-state index contributed by atoms with van der Waals surface area (Å²) in [7, 11) is 0. The van der Waals surface area contributed by atoms with Gasteiger partial charge in [-0.05, 0) is 32.3 Å². The van der Waals surface area contributed by atoms with Gasteiger partial charge < -0.3 is 25.4 Å². The molecule has 130 valence electrons. The van der Waals surface area contributed by atoms with Gasteiger partial charge in [0.25, 0.3) is 0 Å². The Balaban J connectivity index is 1.86. The third-order valence-electron chi connectivity index (χ3n) is 4.21. The summed E-state index contributed by atoms with van der Waals surface area (Å²) in [6.45, 7) is 4.52. The quantitative estimate of drug-likeness (QED) is 0.678. The number of nitrogens with one attached hydrogen (secondary N) is 2. The predicted octanol–water partition coefficient (Wildman–Crippen LogP) is 1.83. The number of aromatic nitrogens is 3. The van der Waals surface area contributed by atoms with E-state index in [0.717, 1.165) is 23.8 Å². The largest absolute Gasteiger partial charge is 0.465 e. The van der Waals surface area contributed by atoms with Crippen LogP contribution in [0.15, 0.2) is 12.5 Å². The SMILES string of the molecule is CC(C)(O)Cc1c[nH]c2ncnc(NC3CCCN(C(=O)O)C3)c12. The Bertz CT molecular complexity index is 737. The number of rotatable bonds is 4. The lowest BCUT2D eigenvalue weighted by Gasteiger charge is -2.31. The Morgan fingerprint density at radius 3 is 3.00 bits per heavy atom. The van der Waals surface area contributed by atoms with Crippen LogP contribution in [0.3, 0.4) is 0 Å². The summed E-state index contributed by atoms with van der Waals surface area (Å²) >= 11 is 0. The highest BCUT2D eigenvalue weighted by molar-refractivity contribution is 5.90. The number of hydrogen-bond donors (Lipinski definition) is 4. The minimum absolute atomic E-state index is 0.0119. The van der Waals surface area contributed by atoms with Crippen molar-refractivity contribution in [3.63, 3.8) is 0 Å². The second kappa shape index (κ2) is 6.27. The van der Waals surface area contributed by atoms with Gasteiger partial charge in [0, 0.05) is 31.7 Å². The molecule has 2 aromatic rings. The monoisotopic (exact) mass is 333 g/mol. The third-order valence-corrected chi connectivity index (χ3v) is 4.21. The van der Waals surface area contributed by atoms with Crippen LogP contribution in [-0.2, 0) is 6.42 Å². The fraction of sp³-hybridized carbons (Fsp3) is 0.562. The molecule has 1 fully saturated rings. The normalized spacial score (nSPS) is 18.8. The molecule has 1 amide bonds. The van der Waals surface area contributed by atoms with Gasteiger partial charge in [-0.1, -0.05) is 0 Å².